The zero-order valence-electron chi connectivity index (χ0n) is 15.5. The topological polar surface area (TPSA) is 132 Å². The highest BCUT2D eigenvalue weighted by atomic mass is 32.2. The lowest BCUT2D eigenvalue weighted by atomic mass is 10.1. The van der Waals surface area contributed by atoms with Gasteiger partial charge in [-0.3, -0.25) is 14.9 Å². The van der Waals surface area contributed by atoms with Crippen LogP contribution in [0.1, 0.15) is 16.1 Å². The van der Waals surface area contributed by atoms with E-state index in [0.717, 1.165) is 6.26 Å². The number of nitrogens with zero attached hydrogens (tertiary/aromatic N) is 1. The highest BCUT2D eigenvalue weighted by molar-refractivity contribution is 7.89. The molecule has 2 N–H and O–H groups in total. The Labute approximate surface area is 166 Å². The van der Waals surface area contributed by atoms with E-state index in [2.05, 4.69) is 10.6 Å². The highest BCUT2D eigenvalue weighted by Gasteiger charge is 2.23. The minimum absolute atomic E-state index is 0.0534. The first kappa shape index (κ1) is 20.3. The molecule has 152 valence electrons. The fourth-order valence-electron chi connectivity index (χ4n) is 2.92. The Bertz CT molecular complexity index is 1170. The molecule has 0 saturated heterocycles. The summed E-state index contributed by atoms with van der Waals surface area (Å²) in [4.78, 5) is 23.1. The maximum atomic E-state index is 12.6. The Hall–Kier alpha value is -3.40. The largest absolute Gasteiger partial charge is 0.451 e. The summed E-state index contributed by atoms with van der Waals surface area (Å²) >= 11 is 0. The first-order chi connectivity index (χ1) is 13.8. The predicted molar refractivity (Wildman–Crippen MR) is 109 cm³/mol. The molecule has 0 fully saturated rings. The van der Waals surface area contributed by atoms with Crippen LogP contribution in [-0.4, -0.2) is 38.6 Å². The molecule has 1 aromatic heterocycles. The second kappa shape index (κ2) is 8.31. The number of amides is 1. The van der Waals surface area contributed by atoms with Gasteiger partial charge in [0.2, 0.25) is 0 Å². The number of sulfone groups is 1. The molecule has 0 atom stereocenters. The number of rotatable bonds is 8. The van der Waals surface area contributed by atoms with Crippen molar-refractivity contribution in [3.05, 3.63) is 70.0 Å². The summed E-state index contributed by atoms with van der Waals surface area (Å²) < 4.78 is 29.2. The first-order valence-corrected chi connectivity index (χ1v) is 10.8. The number of hydrogen-bond acceptors (Lipinski definition) is 7. The number of nitro groups is 1. The molecule has 0 saturated carbocycles. The average Bonchev–Trinajstić information content (AvgIpc) is 3.02. The molecule has 0 bridgehead atoms. The minimum Gasteiger partial charge on any atom is -0.451 e. The van der Waals surface area contributed by atoms with Gasteiger partial charge in [-0.25, -0.2) is 8.42 Å². The molecule has 2 aromatic carbocycles. The van der Waals surface area contributed by atoms with Crippen molar-refractivity contribution in [2.24, 2.45) is 0 Å². The maximum Gasteiger partial charge on any atom is 0.292 e. The van der Waals surface area contributed by atoms with E-state index >= 15 is 0 Å². The van der Waals surface area contributed by atoms with Crippen LogP contribution in [-0.2, 0) is 15.6 Å². The maximum absolute atomic E-state index is 12.6. The lowest BCUT2D eigenvalue weighted by Crippen LogP contribution is -2.29. The molecule has 1 heterocycles. The highest BCUT2D eigenvalue weighted by Crippen LogP contribution is 2.27. The molecular formula is C19H19N3O6S. The predicted octanol–water partition coefficient (Wildman–Crippen LogP) is 2.73. The van der Waals surface area contributed by atoms with Crippen LogP contribution >= 0.6 is 0 Å². The summed E-state index contributed by atoms with van der Waals surface area (Å²) in [6.45, 7) is 0.387. The van der Waals surface area contributed by atoms with Crippen LogP contribution in [0.25, 0.3) is 11.0 Å². The number of carbonyl (C=O) groups is 1. The number of fused-ring (bicyclic) bond motifs is 1. The van der Waals surface area contributed by atoms with Crippen molar-refractivity contribution in [2.75, 3.05) is 24.7 Å². The van der Waals surface area contributed by atoms with Gasteiger partial charge >= 0.3 is 0 Å². The molecule has 0 aliphatic heterocycles. The molecule has 0 unspecified atom stereocenters. The Morgan fingerprint density at radius 2 is 1.79 bits per heavy atom. The molecule has 0 aliphatic rings. The van der Waals surface area contributed by atoms with E-state index in [1.54, 1.807) is 42.5 Å². The van der Waals surface area contributed by atoms with E-state index in [0.29, 0.717) is 22.2 Å². The van der Waals surface area contributed by atoms with Crippen molar-refractivity contribution >= 4 is 38.1 Å². The Kier molecular flexibility index (Phi) is 5.83. The van der Waals surface area contributed by atoms with E-state index in [1.165, 1.54) is 6.07 Å². The van der Waals surface area contributed by atoms with E-state index in [1.807, 2.05) is 0 Å². The van der Waals surface area contributed by atoms with Crippen molar-refractivity contribution in [1.82, 2.24) is 5.32 Å². The lowest BCUT2D eigenvalue weighted by molar-refractivity contribution is -0.384. The van der Waals surface area contributed by atoms with E-state index in [9.17, 15) is 23.3 Å². The lowest BCUT2D eigenvalue weighted by Gasteiger charge is -2.08. The average molecular weight is 417 g/mol. The fraction of sp³-hybridized carbons (Fsp3) is 0.211. The van der Waals surface area contributed by atoms with Gasteiger partial charge in [0.05, 0.1) is 10.7 Å². The van der Waals surface area contributed by atoms with Crippen LogP contribution in [0.5, 0.6) is 0 Å². The third-order valence-electron chi connectivity index (χ3n) is 4.14. The minimum atomic E-state index is -3.38. The monoisotopic (exact) mass is 417 g/mol. The number of carbonyl (C=O) groups excluding carboxylic acids is 1. The van der Waals surface area contributed by atoms with Gasteiger partial charge in [0, 0.05) is 36.4 Å². The SMILES string of the molecule is CS(=O)(=O)Cc1c(C(=O)NCCNc2ccccc2[N+](=O)[O-])oc2ccccc12. The fourth-order valence-corrected chi connectivity index (χ4v) is 3.73. The van der Waals surface area contributed by atoms with Gasteiger partial charge in [0.25, 0.3) is 11.6 Å². The third-order valence-corrected chi connectivity index (χ3v) is 4.95. The number of furan rings is 1. The van der Waals surface area contributed by atoms with Gasteiger partial charge in [-0.1, -0.05) is 30.3 Å². The number of hydrogen-bond donors (Lipinski definition) is 2. The van der Waals surface area contributed by atoms with Crippen LogP contribution in [0.3, 0.4) is 0 Å². The number of para-hydroxylation sites is 3. The molecule has 9 nitrogen and oxygen atoms in total. The summed E-state index contributed by atoms with van der Waals surface area (Å²) in [5.41, 5.74) is 1.02. The molecular weight excluding hydrogens is 398 g/mol. The molecule has 0 radical (unpaired) electrons. The van der Waals surface area contributed by atoms with Gasteiger partial charge in [-0.2, -0.15) is 0 Å². The zero-order valence-corrected chi connectivity index (χ0v) is 16.4. The van der Waals surface area contributed by atoms with Gasteiger partial charge in [-0.05, 0) is 12.1 Å². The van der Waals surface area contributed by atoms with Crippen molar-refractivity contribution in [3.8, 4) is 0 Å². The van der Waals surface area contributed by atoms with Crippen molar-refractivity contribution in [1.29, 1.82) is 0 Å². The molecule has 29 heavy (non-hydrogen) atoms. The van der Waals surface area contributed by atoms with Crippen LogP contribution in [0, 0.1) is 10.1 Å². The second-order valence-electron chi connectivity index (χ2n) is 6.43. The van der Waals surface area contributed by atoms with Crippen molar-refractivity contribution in [3.63, 3.8) is 0 Å². The van der Waals surface area contributed by atoms with E-state index < -0.39 is 20.7 Å². The van der Waals surface area contributed by atoms with Crippen molar-refractivity contribution < 1.29 is 22.6 Å². The van der Waals surface area contributed by atoms with Crippen LogP contribution in [0.15, 0.2) is 52.9 Å². The normalized spacial score (nSPS) is 11.3. The standard InChI is InChI=1S/C19H19N3O6S/c1-29(26,27)12-14-13-6-2-5-9-17(13)28-18(14)19(23)21-11-10-20-15-7-3-4-8-16(15)22(24)25/h2-9,20H,10-12H2,1H3,(H,21,23). The molecule has 3 rings (SSSR count). The van der Waals surface area contributed by atoms with E-state index in [-0.39, 0.29) is 30.3 Å². The van der Waals surface area contributed by atoms with Gasteiger partial charge in [0.1, 0.15) is 11.3 Å². The van der Waals surface area contributed by atoms with E-state index in [4.69, 9.17) is 4.42 Å². The first-order valence-electron chi connectivity index (χ1n) is 8.70. The number of benzene rings is 2. The number of nitrogens with one attached hydrogen (secondary N) is 2. The molecule has 3 aromatic rings. The number of anilines is 1. The zero-order chi connectivity index (χ0) is 21.0. The summed E-state index contributed by atoms with van der Waals surface area (Å²) in [6, 6.07) is 13.0. The molecule has 0 spiro atoms. The Morgan fingerprint density at radius 1 is 1.10 bits per heavy atom. The summed E-state index contributed by atoms with van der Waals surface area (Å²) in [7, 11) is -3.38. The molecule has 0 aliphatic carbocycles. The van der Waals surface area contributed by atoms with Crippen molar-refractivity contribution in [2.45, 2.75) is 5.75 Å². The summed E-state index contributed by atoms with van der Waals surface area (Å²) in [6.07, 6.45) is 1.09. The Morgan fingerprint density at radius 3 is 2.52 bits per heavy atom. The second-order valence-corrected chi connectivity index (χ2v) is 8.57. The number of nitro benzene ring substituents is 1. The van der Waals surface area contributed by atoms with Gasteiger partial charge in [-0.15, -0.1) is 0 Å². The Balaban J connectivity index is 1.71. The van der Waals surface area contributed by atoms with Crippen LogP contribution in [0.2, 0.25) is 0 Å². The van der Waals surface area contributed by atoms with Crippen LogP contribution < -0.4 is 10.6 Å². The van der Waals surface area contributed by atoms with Gasteiger partial charge < -0.3 is 15.1 Å². The van der Waals surface area contributed by atoms with Crippen LogP contribution in [0.4, 0.5) is 11.4 Å². The molecule has 10 heteroatoms. The summed E-state index contributed by atoms with van der Waals surface area (Å²) in [5, 5.41) is 17.1. The third kappa shape index (κ3) is 4.91. The summed E-state index contributed by atoms with van der Waals surface area (Å²) in [5.74, 6) is -0.923. The smallest absolute Gasteiger partial charge is 0.292 e. The molecule has 1 amide bonds. The van der Waals surface area contributed by atoms with Gasteiger partial charge in [0.15, 0.2) is 15.6 Å². The quantitative estimate of drug-likeness (QED) is 0.327.